The van der Waals surface area contributed by atoms with Gasteiger partial charge in [-0.1, -0.05) is 49.4 Å². The molecule has 268 valence electrons. The third kappa shape index (κ3) is 9.53. The summed E-state index contributed by atoms with van der Waals surface area (Å²) in [6, 6.07) is 22.3. The maximum atomic E-state index is 13.8. The molecule has 4 aromatic rings. The molecule has 5 amide bonds. The van der Waals surface area contributed by atoms with Gasteiger partial charge in [-0.25, -0.2) is 4.79 Å². The molecule has 1 fully saturated rings. The van der Waals surface area contributed by atoms with Gasteiger partial charge in [0.1, 0.15) is 17.7 Å². The number of aromatic amines is 1. The number of alkyl carbamates (subject to hydrolysis) is 1. The van der Waals surface area contributed by atoms with Gasteiger partial charge in [-0.2, -0.15) is 0 Å². The summed E-state index contributed by atoms with van der Waals surface area (Å²) in [7, 11) is 0. The second-order valence-electron chi connectivity index (χ2n) is 13.7. The monoisotopic (exact) mass is 694 g/mol. The number of carbonyl (C=O) groups excluding carboxylic acids is 5. The van der Waals surface area contributed by atoms with E-state index in [1.54, 1.807) is 62.1 Å². The van der Waals surface area contributed by atoms with Crippen molar-refractivity contribution < 1.29 is 28.7 Å². The highest BCUT2D eigenvalue weighted by molar-refractivity contribution is 6.00. The lowest BCUT2D eigenvalue weighted by molar-refractivity contribution is -0.136. The molecule has 3 aromatic carbocycles. The number of carbonyl (C=O) groups is 5. The van der Waals surface area contributed by atoms with Gasteiger partial charge < -0.3 is 35.5 Å². The summed E-state index contributed by atoms with van der Waals surface area (Å²) in [5.74, 6) is -1.08. The van der Waals surface area contributed by atoms with E-state index in [1.807, 2.05) is 49.4 Å². The topological polar surface area (TPSA) is 153 Å². The highest BCUT2D eigenvalue weighted by Gasteiger charge is 2.33. The Balaban J connectivity index is 1.23. The molecule has 0 radical (unpaired) electrons. The van der Waals surface area contributed by atoms with E-state index in [0.717, 1.165) is 28.6 Å². The molecule has 4 N–H and O–H groups in total. The third-order valence-corrected chi connectivity index (χ3v) is 8.51. The fourth-order valence-corrected chi connectivity index (χ4v) is 6.19. The summed E-state index contributed by atoms with van der Waals surface area (Å²) in [6.07, 6.45) is 1.34. The largest absolute Gasteiger partial charge is 0.444 e. The number of aromatic nitrogens is 1. The standard InChI is InChI=1S/C39H46N6O6/c1-6-20-44(37(49)35(27-11-8-7-9-12-27)43-38(50)51-39(3,4)5)24-34(47)40-29-16-14-26(15-17-29)32-23-28-22-30(18-19-31(28)42-32)41-36(48)33-13-10-21-45(33)25(2)46/h7-9,11-12,14-19,22-23,33,35,42H,6,10,13,20-21,24H2,1-5H3,(H,40,47)(H,41,48)(H,43,50)/t33-,35-/m0/s1. The molecule has 12 nitrogen and oxygen atoms in total. The van der Waals surface area contributed by atoms with Crippen LogP contribution < -0.4 is 16.0 Å². The minimum Gasteiger partial charge on any atom is -0.444 e. The second kappa shape index (κ2) is 15.9. The SMILES string of the molecule is CCCN(CC(=O)Nc1ccc(-c2cc3cc(NC(=O)[C@@H]4CCCN4C(C)=O)ccc3[nH]2)cc1)C(=O)[C@@H](NC(=O)OC(C)(C)C)c1ccccc1. The lowest BCUT2D eigenvalue weighted by atomic mass is 10.1. The molecule has 0 saturated carbocycles. The summed E-state index contributed by atoms with van der Waals surface area (Å²) < 4.78 is 5.42. The number of benzene rings is 3. The molecule has 12 heteroatoms. The fourth-order valence-electron chi connectivity index (χ4n) is 6.19. The molecule has 0 spiro atoms. The van der Waals surface area contributed by atoms with E-state index < -0.39 is 29.7 Å². The number of hydrogen-bond acceptors (Lipinski definition) is 6. The van der Waals surface area contributed by atoms with E-state index in [2.05, 4.69) is 20.9 Å². The molecule has 1 aliphatic rings. The lowest BCUT2D eigenvalue weighted by Gasteiger charge is -2.28. The van der Waals surface area contributed by atoms with Crippen LogP contribution in [0.15, 0.2) is 78.9 Å². The van der Waals surface area contributed by atoms with Gasteiger partial charge in [0.2, 0.25) is 23.6 Å². The van der Waals surface area contributed by atoms with E-state index in [9.17, 15) is 24.0 Å². The zero-order valence-corrected chi connectivity index (χ0v) is 29.7. The number of anilines is 2. The van der Waals surface area contributed by atoms with Crippen molar-refractivity contribution in [2.75, 3.05) is 30.3 Å². The molecule has 5 rings (SSSR count). The summed E-state index contributed by atoms with van der Waals surface area (Å²) in [5.41, 5.74) is 3.67. The number of amides is 5. The van der Waals surface area contributed by atoms with Crippen molar-refractivity contribution in [1.82, 2.24) is 20.1 Å². The van der Waals surface area contributed by atoms with Gasteiger partial charge in [0, 0.05) is 48.0 Å². The maximum absolute atomic E-state index is 13.8. The molecule has 2 atom stereocenters. The Morgan fingerprint density at radius 2 is 1.65 bits per heavy atom. The summed E-state index contributed by atoms with van der Waals surface area (Å²) in [4.78, 5) is 71.0. The van der Waals surface area contributed by atoms with Crippen LogP contribution >= 0.6 is 0 Å². The van der Waals surface area contributed by atoms with Crippen molar-refractivity contribution in [2.24, 2.45) is 0 Å². The molecule has 0 unspecified atom stereocenters. The van der Waals surface area contributed by atoms with Crippen molar-refractivity contribution >= 4 is 52.0 Å². The normalized spacial score (nSPS) is 14.8. The number of rotatable bonds is 11. The molecule has 0 aliphatic carbocycles. The van der Waals surface area contributed by atoms with E-state index in [-0.39, 0.29) is 24.3 Å². The van der Waals surface area contributed by atoms with Crippen LogP contribution in [0.25, 0.3) is 22.2 Å². The smallest absolute Gasteiger partial charge is 0.408 e. The third-order valence-electron chi connectivity index (χ3n) is 8.51. The van der Waals surface area contributed by atoms with Crippen molar-refractivity contribution in [3.63, 3.8) is 0 Å². The Hall–Kier alpha value is -5.65. The molecule has 2 heterocycles. The average molecular weight is 695 g/mol. The zero-order chi connectivity index (χ0) is 36.7. The maximum Gasteiger partial charge on any atom is 0.408 e. The van der Waals surface area contributed by atoms with E-state index in [4.69, 9.17) is 4.74 Å². The van der Waals surface area contributed by atoms with Gasteiger partial charge >= 0.3 is 6.09 Å². The predicted molar refractivity (Wildman–Crippen MR) is 197 cm³/mol. The average Bonchev–Trinajstić information content (AvgIpc) is 3.75. The van der Waals surface area contributed by atoms with E-state index >= 15 is 0 Å². The number of nitrogens with zero attached hydrogens (tertiary/aromatic N) is 2. The number of likely N-dealkylation sites (tertiary alicyclic amines) is 1. The van der Waals surface area contributed by atoms with Crippen molar-refractivity contribution in [2.45, 2.75) is 71.6 Å². The summed E-state index contributed by atoms with van der Waals surface area (Å²) in [6.45, 7) is 9.33. The molecule has 1 saturated heterocycles. The van der Waals surface area contributed by atoms with Gasteiger partial charge in [0.05, 0.1) is 6.54 Å². The predicted octanol–water partition coefficient (Wildman–Crippen LogP) is 6.23. The van der Waals surface area contributed by atoms with Crippen LogP contribution in [0.5, 0.6) is 0 Å². The molecule has 1 aromatic heterocycles. The van der Waals surface area contributed by atoms with Gasteiger partial charge in [0.15, 0.2) is 0 Å². The first-order chi connectivity index (χ1) is 24.3. The van der Waals surface area contributed by atoms with E-state index in [0.29, 0.717) is 42.9 Å². The number of hydrogen-bond donors (Lipinski definition) is 4. The molecular formula is C39H46N6O6. The second-order valence-corrected chi connectivity index (χ2v) is 13.7. The van der Waals surface area contributed by atoms with Crippen LogP contribution in [-0.2, 0) is 23.9 Å². The minimum atomic E-state index is -1.03. The Kier molecular flexibility index (Phi) is 11.4. The number of H-pyrrole nitrogens is 1. The first-order valence-corrected chi connectivity index (χ1v) is 17.3. The fraction of sp³-hybridized carbons (Fsp3) is 0.359. The van der Waals surface area contributed by atoms with Crippen LogP contribution in [0.1, 0.15) is 65.5 Å². The quantitative estimate of drug-likeness (QED) is 0.146. The highest BCUT2D eigenvalue weighted by Crippen LogP contribution is 2.28. The van der Waals surface area contributed by atoms with Gasteiger partial charge in [-0.05, 0) is 87.6 Å². The van der Waals surface area contributed by atoms with Gasteiger partial charge in [-0.15, -0.1) is 0 Å². The van der Waals surface area contributed by atoms with Crippen LogP contribution in [0.3, 0.4) is 0 Å². The van der Waals surface area contributed by atoms with Crippen LogP contribution in [-0.4, -0.2) is 75.8 Å². The Morgan fingerprint density at radius 1 is 0.941 bits per heavy atom. The Labute approximate surface area is 297 Å². The number of fused-ring (bicyclic) bond motifs is 1. The van der Waals surface area contributed by atoms with Gasteiger partial charge in [0.25, 0.3) is 0 Å². The molecular weight excluding hydrogens is 648 g/mol. The molecule has 51 heavy (non-hydrogen) atoms. The van der Waals surface area contributed by atoms with Crippen LogP contribution in [0.4, 0.5) is 16.2 Å². The highest BCUT2D eigenvalue weighted by atomic mass is 16.6. The molecule has 1 aliphatic heterocycles. The zero-order valence-electron chi connectivity index (χ0n) is 29.7. The Bertz CT molecular complexity index is 1880. The van der Waals surface area contributed by atoms with Gasteiger partial charge in [-0.3, -0.25) is 19.2 Å². The number of ether oxygens (including phenoxy) is 1. The van der Waals surface area contributed by atoms with Crippen molar-refractivity contribution in [1.29, 1.82) is 0 Å². The van der Waals surface area contributed by atoms with Crippen LogP contribution in [0, 0.1) is 0 Å². The first-order valence-electron chi connectivity index (χ1n) is 17.3. The number of nitrogens with one attached hydrogen (secondary N) is 4. The van der Waals surface area contributed by atoms with E-state index in [1.165, 1.54) is 11.8 Å². The minimum absolute atomic E-state index is 0.0980. The lowest BCUT2D eigenvalue weighted by Crippen LogP contribution is -2.47. The summed E-state index contributed by atoms with van der Waals surface area (Å²) >= 11 is 0. The van der Waals surface area contributed by atoms with Crippen LogP contribution in [0.2, 0.25) is 0 Å². The van der Waals surface area contributed by atoms with Crippen molar-refractivity contribution in [3.05, 3.63) is 84.4 Å². The molecule has 0 bridgehead atoms. The van der Waals surface area contributed by atoms with Crippen molar-refractivity contribution in [3.8, 4) is 11.3 Å². The first kappa shape index (κ1) is 36.6. The Morgan fingerprint density at radius 3 is 2.31 bits per heavy atom. The summed E-state index contributed by atoms with van der Waals surface area (Å²) in [5, 5.41) is 9.44.